The molecule has 8 heteroatoms. The number of hydrogen-bond donors (Lipinski definition) is 3. The van der Waals surface area contributed by atoms with Crippen LogP contribution in [0.5, 0.6) is 5.75 Å². The molecule has 1 aliphatic rings. The molecule has 1 heterocycles. The van der Waals surface area contributed by atoms with Crippen LogP contribution in [-0.2, 0) is 11.3 Å². The molecule has 0 atom stereocenters. The van der Waals surface area contributed by atoms with Crippen LogP contribution in [-0.4, -0.2) is 26.8 Å². The molecule has 0 bridgehead atoms. The summed E-state index contributed by atoms with van der Waals surface area (Å²) >= 11 is 6.22. The van der Waals surface area contributed by atoms with Crippen molar-refractivity contribution in [2.75, 3.05) is 5.32 Å². The topological polar surface area (TPSA) is 96.2 Å². The van der Waals surface area contributed by atoms with Gasteiger partial charge in [-0.3, -0.25) is 4.79 Å². The molecule has 0 spiro atoms. The van der Waals surface area contributed by atoms with Gasteiger partial charge in [0.25, 0.3) is 0 Å². The molecule has 178 valence electrons. The Hall–Kier alpha value is -3.32. The van der Waals surface area contributed by atoms with Crippen LogP contribution in [0.1, 0.15) is 56.7 Å². The molecule has 0 aliphatic heterocycles. The van der Waals surface area contributed by atoms with Gasteiger partial charge in [0.2, 0.25) is 5.91 Å². The summed E-state index contributed by atoms with van der Waals surface area (Å²) in [5.74, 6) is 0.416. The van der Waals surface area contributed by atoms with Crippen LogP contribution in [0.3, 0.4) is 0 Å². The summed E-state index contributed by atoms with van der Waals surface area (Å²) in [4.78, 5) is 25.3. The van der Waals surface area contributed by atoms with Gasteiger partial charge >= 0.3 is 6.03 Å². The van der Waals surface area contributed by atoms with E-state index in [9.17, 15) is 14.7 Å². The summed E-state index contributed by atoms with van der Waals surface area (Å²) < 4.78 is 1.39. The van der Waals surface area contributed by atoms with Gasteiger partial charge in [0.15, 0.2) is 0 Å². The van der Waals surface area contributed by atoms with E-state index in [1.165, 1.54) is 10.7 Å². The number of aromatic hydroxyl groups is 1. The van der Waals surface area contributed by atoms with E-state index in [4.69, 9.17) is 11.6 Å². The van der Waals surface area contributed by atoms with Crippen LogP contribution in [0.4, 0.5) is 10.5 Å². The van der Waals surface area contributed by atoms with E-state index in [-0.39, 0.29) is 36.1 Å². The molecule has 0 saturated heterocycles. The quantitative estimate of drug-likeness (QED) is 0.366. The van der Waals surface area contributed by atoms with Crippen molar-refractivity contribution in [1.82, 2.24) is 15.1 Å². The lowest BCUT2D eigenvalue weighted by molar-refractivity contribution is -0.116. The number of amides is 2. The summed E-state index contributed by atoms with van der Waals surface area (Å²) in [6.45, 7) is 4.24. The number of hydrogen-bond acceptors (Lipinski definition) is 4. The van der Waals surface area contributed by atoms with E-state index < -0.39 is 0 Å². The number of carbonyl (C=O) groups excluding carboxylic acids is 2. The lowest BCUT2D eigenvalue weighted by Gasteiger charge is -2.25. The Morgan fingerprint density at radius 2 is 1.94 bits per heavy atom. The van der Waals surface area contributed by atoms with E-state index in [0.29, 0.717) is 28.4 Å². The van der Waals surface area contributed by atoms with Crippen molar-refractivity contribution in [1.29, 1.82) is 0 Å². The smallest absolute Gasteiger partial charge is 0.342 e. The fourth-order valence-corrected chi connectivity index (χ4v) is 4.18. The highest BCUT2D eigenvalue weighted by Crippen LogP contribution is 2.39. The van der Waals surface area contributed by atoms with Crippen molar-refractivity contribution in [2.45, 2.75) is 52.0 Å². The first-order chi connectivity index (χ1) is 16.3. The van der Waals surface area contributed by atoms with E-state index in [2.05, 4.69) is 15.7 Å². The molecule has 1 fully saturated rings. The zero-order valence-electron chi connectivity index (χ0n) is 19.3. The van der Waals surface area contributed by atoms with Crippen LogP contribution in [0.15, 0.2) is 48.5 Å². The molecule has 2 amide bonds. The van der Waals surface area contributed by atoms with Gasteiger partial charge in [-0.25, -0.2) is 4.79 Å². The number of nitrogens with zero attached hydrogens (tertiary/aromatic N) is 2. The van der Waals surface area contributed by atoms with Crippen LogP contribution in [0.25, 0.3) is 11.3 Å². The molecular weight excluding hydrogens is 452 g/mol. The molecular formula is C26H29ClN4O3. The highest BCUT2D eigenvalue weighted by molar-refractivity contribution is 6.31. The van der Waals surface area contributed by atoms with E-state index in [1.807, 2.05) is 38.1 Å². The van der Waals surface area contributed by atoms with Crippen molar-refractivity contribution in [3.63, 3.8) is 0 Å². The molecule has 4 rings (SSSR count). The maximum atomic E-state index is 13.1. The largest absolute Gasteiger partial charge is 0.507 e. The van der Waals surface area contributed by atoms with Gasteiger partial charge in [-0.15, -0.1) is 0 Å². The molecule has 1 aromatic heterocycles. The Balaban J connectivity index is 1.60. The van der Waals surface area contributed by atoms with Gasteiger partial charge < -0.3 is 15.7 Å². The maximum Gasteiger partial charge on any atom is 0.342 e. The SMILES string of the molecule is CC(C)CC(=O)Nc1ccc(O)c(-c2cc(C3CCC3)n(C(=O)NCc3ccccc3Cl)n2)c1. The second-order valence-electron chi connectivity index (χ2n) is 9.12. The van der Waals surface area contributed by atoms with Gasteiger partial charge in [-0.1, -0.05) is 50.1 Å². The molecule has 34 heavy (non-hydrogen) atoms. The number of anilines is 1. The number of carbonyl (C=O) groups is 2. The Morgan fingerprint density at radius 1 is 1.18 bits per heavy atom. The highest BCUT2D eigenvalue weighted by Gasteiger charge is 2.27. The Bertz CT molecular complexity index is 1200. The standard InChI is InChI=1S/C26H29ClN4O3/c1-16(2)12-25(33)29-19-10-11-24(32)20(13-19)22-14-23(17-7-5-8-17)31(30-22)26(34)28-15-18-6-3-4-9-21(18)27/h3-4,6,9-11,13-14,16-17,32H,5,7-8,12,15H2,1-2H3,(H,28,34)(H,29,33). The molecule has 7 nitrogen and oxygen atoms in total. The highest BCUT2D eigenvalue weighted by atomic mass is 35.5. The van der Waals surface area contributed by atoms with E-state index in [1.54, 1.807) is 18.2 Å². The van der Waals surface area contributed by atoms with Crippen LogP contribution in [0.2, 0.25) is 5.02 Å². The minimum absolute atomic E-state index is 0.0307. The summed E-state index contributed by atoms with van der Waals surface area (Å²) in [5.41, 5.74) is 3.14. The number of phenols is 1. The van der Waals surface area contributed by atoms with Gasteiger partial charge in [0.1, 0.15) is 5.75 Å². The van der Waals surface area contributed by atoms with Crippen LogP contribution < -0.4 is 10.6 Å². The van der Waals surface area contributed by atoms with Crippen LogP contribution in [0, 0.1) is 5.92 Å². The Morgan fingerprint density at radius 3 is 2.62 bits per heavy atom. The third kappa shape index (κ3) is 5.42. The van der Waals surface area contributed by atoms with Gasteiger partial charge in [-0.2, -0.15) is 9.78 Å². The number of benzene rings is 2. The first-order valence-electron chi connectivity index (χ1n) is 11.6. The van der Waals surface area contributed by atoms with E-state index >= 15 is 0 Å². The number of halogens is 1. The monoisotopic (exact) mass is 480 g/mol. The summed E-state index contributed by atoms with van der Waals surface area (Å²) in [6.07, 6.45) is 3.48. The van der Waals surface area contributed by atoms with Gasteiger partial charge in [0, 0.05) is 35.2 Å². The molecule has 0 unspecified atom stereocenters. The Kier molecular flexibility index (Phi) is 7.22. The summed E-state index contributed by atoms with van der Waals surface area (Å²) in [5, 5.41) is 21.4. The van der Waals surface area contributed by atoms with Crippen molar-refractivity contribution in [3.8, 4) is 17.0 Å². The first kappa shape index (κ1) is 23.8. The van der Waals surface area contributed by atoms with E-state index in [0.717, 1.165) is 30.5 Å². The van der Waals surface area contributed by atoms with Crippen LogP contribution >= 0.6 is 11.6 Å². The summed E-state index contributed by atoms with van der Waals surface area (Å²) in [7, 11) is 0. The molecule has 0 radical (unpaired) electrons. The number of aromatic nitrogens is 2. The molecule has 1 aliphatic carbocycles. The minimum Gasteiger partial charge on any atom is -0.507 e. The zero-order valence-corrected chi connectivity index (χ0v) is 20.1. The number of nitrogens with one attached hydrogen (secondary N) is 2. The van der Waals surface area contributed by atoms with Crippen molar-refractivity contribution >= 4 is 29.2 Å². The predicted octanol–water partition coefficient (Wildman–Crippen LogP) is 5.92. The summed E-state index contributed by atoms with van der Waals surface area (Å²) in [6, 6.07) is 13.7. The molecule has 2 aromatic carbocycles. The molecule has 1 saturated carbocycles. The van der Waals surface area contributed by atoms with Crippen molar-refractivity contribution in [3.05, 3.63) is 64.8 Å². The normalized spacial score (nSPS) is 13.5. The maximum absolute atomic E-state index is 13.1. The molecule has 3 aromatic rings. The number of rotatable bonds is 7. The lowest BCUT2D eigenvalue weighted by Crippen LogP contribution is -2.31. The Labute approximate surface area is 204 Å². The first-order valence-corrected chi connectivity index (χ1v) is 11.9. The lowest BCUT2D eigenvalue weighted by atomic mass is 9.82. The van der Waals surface area contributed by atoms with Crippen molar-refractivity contribution in [2.24, 2.45) is 5.92 Å². The fourth-order valence-electron chi connectivity index (χ4n) is 3.97. The minimum atomic E-state index is -0.353. The van der Waals surface area contributed by atoms with Gasteiger partial charge in [-0.05, 0) is 54.7 Å². The van der Waals surface area contributed by atoms with Gasteiger partial charge in [0.05, 0.1) is 11.4 Å². The average Bonchev–Trinajstić information content (AvgIpc) is 3.17. The third-order valence-corrected chi connectivity index (χ3v) is 6.36. The second-order valence-corrected chi connectivity index (χ2v) is 9.53. The van der Waals surface area contributed by atoms with Crippen molar-refractivity contribution < 1.29 is 14.7 Å². The fraction of sp³-hybridized carbons (Fsp3) is 0.346. The average molecular weight is 481 g/mol. The third-order valence-electron chi connectivity index (χ3n) is 5.99. The number of phenolic OH excluding ortho intramolecular Hbond substituents is 1. The predicted molar refractivity (Wildman–Crippen MR) is 133 cm³/mol. The zero-order chi connectivity index (χ0) is 24.2. The second kappa shape index (κ2) is 10.3. The molecule has 3 N–H and O–H groups in total.